The van der Waals surface area contributed by atoms with Gasteiger partial charge in [0.25, 0.3) is 0 Å². The molecule has 0 aliphatic heterocycles. The lowest BCUT2D eigenvalue weighted by atomic mass is 10.2. The van der Waals surface area contributed by atoms with Gasteiger partial charge in [-0.25, -0.2) is 9.97 Å². The summed E-state index contributed by atoms with van der Waals surface area (Å²) in [7, 11) is 0. The van der Waals surface area contributed by atoms with Crippen LogP contribution in [0.3, 0.4) is 0 Å². The van der Waals surface area contributed by atoms with Crippen molar-refractivity contribution in [1.29, 1.82) is 5.26 Å². The maximum Gasteiger partial charge on any atom is 0.140 e. The Bertz CT molecular complexity index is 536. The van der Waals surface area contributed by atoms with Crippen molar-refractivity contribution in [2.24, 2.45) is 0 Å². The van der Waals surface area contributed by atoms with Crippen LogP contribution in [0, 0.1) is 11.3 Å². The number of aromatic nitrogens is 3. The van der Waals surface area contributed by atoms with E-state index >= 15 is 0 Å². The fourth-order valence-electron chi connectivity index (χ4n) is 1.77. The molecule has 0 unspecified atom stereocenters. The van der Waals surface area contributed by atoms with Crippen molar-refractivity contribution in [2.45, 2.75) is 26.3 Å². The van der Waals surface area contributed by atoms with E-state index < -0.39 is 0 Å². The van der Waals surface area contributed by atoms with Crippen LogP contribution in [0.4, 0.5) is 0 Å². The Morgan fingerprint density at radius 2 is 2.24 bits per heavy atom. The lowest BCUT2D eigenvalue weighted by Crippen LogP contribution is -2.04. The van der Waals surface area contributed by atoms with Gasteiger partial charge in [0.05, 0.1) is 0 Å². The Hall–Kier alpha value is -2.15. The zero-order valence-corrected chi connectivity index (χ0v) is 9.80. The number of hydrogen-bond acceptors (Lipinski definition) is 3. The summed E-state index contributed by atoms with van der Waals surface area (Å²) in [6, 6.07) is 5.79. The Kier molecular flexibility index (Phi) is 3.51. The van der Waals surface area contributed by atoms with Gasteiger partial charge in [0.2, 0.25) is 0 Å². The molecule has 4 nitrogen and oxygen atoms in total. The summed E-state index contributed by atoms with van der Waals surface area (Å²) in [6.45, 7) is 2.88. The van der Waals surface area contributed by atoms with Crippen LogP contribution in [0.1, 0.15) is 30.4 Å². The van der Waals surface area contributed by atoms with Gasteiger partial charge in [-0.15, -0.1) is 0 Å². The molecule has 0 aromatic carbocycles. The number of hydrogen-bond donors (Lipinski definition) is 0. The largest absolute Gasteiger partial charge is 0.331 e. The molecule has 0 saturated heterocycles. The van der Waals surface area contributed by atoms with Crippen LogP contribution in [0.5, 0.6) is 0 Å². The minimum atomic E-state index is 0.458. The molecule has 0 saturated carbocycles. The second-order valence-corrected chi connectivity index (χ2v) is 3.88. The highest BCUT2D eigenvalue weighted by molar-refractivity contribution is 5.25. The Balaban J connectivity index is 2.19. The highest BCUT2D eigenvalue weighted by Gasteiger charge is 2.03. The van der Waals surface area contributed by atoms with Crippen LogP contribution in [0.15, 0.2) is 30.7 Å². The topological polar surface area (TPSA) is 54.5 Å². The van der Waals surface area contributed by atoms with Gasteiger partial charge in [-0.1, -0.05) is 6.92 Å². The molecule has 17 heavy (non-hydrogen) atoms. The first-order valence-electron chi connectivity index (χ1n) is 5.68. The van der Waals surface area contributed by atoms with Gasteiger partial charge >= 0.3 is 0 Å². The van der Waals surface area contributed by atoms with Gasteiger partial charge in [-0.05, 0) is 24.1 Å². The van der Waals surface area contributed by atoms with E-state index in [-0.39, 0.29) is 0 Å². The number of pyridine rings is 1. The standard InChI is InChI=1S/C13H14N4/c1-2-3-13-16-6-7-17(13)10-11-4-5-15-12(8-11)9-14/h4-8H,2-3,10H2,1H3. The van der Waals surface area contributed by atoms with E-state index in [2.05, 4.69) is 27.5 Å². The van der Waals surface area contributed by atoms with Crippen molar-refractivity contribution in [2.75, 3.05) is 0 Å². The molecule has 0 bridgehead atoms. The third-order valence-electron chi connectivity index (χ3n) is 2.57. The summed E-state index contributed by atoms with van der Waals surface area (Å²) in [6.07, 6.45) is 7.51. The number of aryl methyl sites for hydroxylation is 1. The van der Waals surface area contributed by atoms with Crippen molar-refractivity contribution in [1.82, 2.24) is 14.5 Å². The number of rotatable bonds is 4. The molecule has 0 radical (unpaired) electrons. The lowest BCUT2D eigenvalue weighted by Gasteiger charge is -2.07. The molecule has 0 fully saturated rings. The molecule has 0 atom stereocenters. The second-order valence-electron chi connectivity index (χ2n) is 3.88. The Morgan fingerprint density at radius 1 is 1.35 bits per heavy atom. The highest BCUT2D eigenvalue weighted by Crippen LogP contribution is 2.07. The van der Waals surface area contributed by atoms with Crippen LogP contribution in [0.25, 0.3) is 0 Å². The van der Waals surface area contributed by atoms with Crippen molar-refractivity contribution >= 4 is 0 Å². The van der Waals surface area contributed by atoms with Gasteiger partial charge in [-0.2, -0.15) is 5.26 Å². The zero-order chi connectivity index (χ0) is 12.1. The molecule has 0 spiro atoms. The van der Waals surface area contributed by atoms with Crippen molar-refractivity contribution in [3.05, 3.63) is 47.8 Å². The van der Waals surface area contributed by atoms with E-state index in [9.17, 15) is 0 Å². The Morgan fingerprint density at radius 3 is 3.00 bits per heavy atom. The molecule has 2 rings (SSSR count). The number of nitriles is 1. The van der Waals surface area contributed by atoms with E-state index in [0.29, 0.717) is 5.69 Å². The fraction of sp³-hybridized carbons (Fsp3) is 0.308. The van der Waals surface area contributed by atoms with Gasteiger partial charge in [0.1, 0.15) is 17.6 Å². The molecule has 4 heteroatoms. The molecule has 0 amide bonds. The van der Waals surface area contributed by atoms with Gasteiger partial charge in [0.15, 0.2) is 0 Å². The number of nitrogens with zero attached hydrogens (tertiary/aromatic N) is 4. The van der Waals surface area contributed by atoms with E-state index in [1.165, 1.54) is 0 Å². The predicted octanol–water partition coefficient (Wildman–Crippen LogP) is 2.15. The van der Waals surface area contributed by atoms with Crippen LogP contribution in [0.2, 0.25) is 0 Å². The van der Waals surface area contributed by atoms with Gasteiger partial charge in [-0.3, -0.25) is 0 Å². The van der Waals surface area contributed by atoms with Crippen LogP contribution >= 0.6 is 0 Å². The fourth-order valence-corrected chi connectivity index (χ4v) is 1.77. The van der Waals surface area contributed by atoms with Crippen LogP contribution in [-0.2, 0) is 13.0 Å². The minimum absolute atomic E-state index is 0.458. The zero-order valence-electron chi connectivity index (χ0n) is 9.80. The molecule has 0 aliphatic rings. The van der Waals surface area contributed by atoms with Crippen molar-refractivity contribution in [3.8, 4) is 6.07 Å². The maximum absolute atomic E-state index is 8.80. The van der Waals surface area contributed by atoms with E-state index in [0.717, 1.165) is 30.8 Å². The molecular weight excluding hydrogens is 212 g/mol. The van der Waals surface area contributed by atoms with E-state index in [1.54, 1.807) is 6.20 Å². The first-order valence-corrected chi connectivity index (χ1v) is 5.68. The molecule has 2 heterocycles. The molecular formula is C13H14N4. The average molecular weight is 226 g/mol. The summed E-state index contributed by atoms with van der Waals surface area (Å²) < 4.78 is 2.11. The number of imidazole rings is 1. The van der Waals surface area contributed by atoms with Gasteiger partial charge in [0, 0.05) is 31.6 Å². The molecule has 2 aromatic heterocycles. The minimum Gasteiger partial charge on any atom is -0.331 e. The van der Waals surface area contributed by atoms with Crippen LogP contribution in [-0.4, -0.2) is 14.5 Å². The summed E-state index contributed by atoms with van der Waals surface area (Å²) in [5.74, 6) is 1.09. The SMILES string of the molecule is CCCc1nccn1Cc1ccnc(C#N)c1. The molecule has 86 valence electrons. The smallest absolute Gasteiger partial charge is 0.140 e. The van der Waals surface area contributed by atoms with Crippen molar-refractivity contribution < 1.29 is 0 Å². The third kappa shape index (κ3) is 2.70. The summed E-state index contributed by atoms with van der Waals surface area (Å²) in [5.41, 5.74) is 1.53. The predicted molar refractivity (Wildman–Crippen MR) is 64.3 cm³/mol. The normalized spacial score (nSPS) is 10.1. The van der Waals surface area contributed by atoms with Crippen molar-refractivity contribution in [3.63, 3.8) is 0 Å². The quantitative estimate of drug-likeness (QED) is 0.802. The highest BCUT2D eigenvalue weighted by atomic mass is 15.1. The van der Waals surface area contributed by atoms with Crippen LogP contribution < -0.4 is 0 Å². The van der Waals surface area contributed by atoms with E-state index in [4.69, 9.17) is 5.26 Å². The third-order valence-corrected chi connectivity index (χ3v) is 2.57. The maximum atomic E-state index is 8.80. The molecule has 0 N–H and O–H groups in total. The summed E-state index contributed by atoms with van der Waals surface area (Å²) in [4.78, 5) is 8.29. The van der Waals surface area contributed by atoms with E-state index in [1.807, 2.05) is 24.5 Å². The first-order chi connectivity index (χ1) is 8.33. The Labute approximate surface area is 101 Å². The second kappa shape index (κ2) is 5.26. The lowest BCUT2D eigenvalue weighted by molar-refractivity contribution is 0.704. The summed E-state index contributed by atoms with van der Waals surface area (Å²) >= 11 is 0. The monoisotopic (exact) mass is 226 g/mol. The van der Waals surface area contributed by atoms with Gasteiger partial charge < -0.3 is 4.57 Å². The summed E-state index contributed by atoms with van der Waals surface area (Å²) in [5, 5.41) is 8.80. The average Bonchev–Trinajstić information content (AvgIpc) is 2.78. The molecule has 0 aliphatic carbocycles. The first kappa shape index (κ1) is 11.3. The molecule has 2 aromatic rings.